The first-order valence-electron chi connectivity index (χ1n) is 9.22. The van der Waals surface area contributed by atoms with Gasteiger partial charge >= 0.3 is 0 Å². The molecule has 5 heteroatoms. The minimum atomic E-state index is -4.11. The van der Waals surface area contributed by atoms with Crippen LogP contribution in [0.15, 0.2) is 54.6 Å². The molecule has 0 bridgehead atoms. The van der Waals surface area contributed by atoms with Gasteiger partial charge in [-0.3, -0.25) is 0 Å². The molecule has 0 aliphatic heterocycles. The van der Waals surface area contributed by atoms with E-state index < -0.39 is 10.1 Å². The van der Waals surface area contributed by atoms with Gasteiger partial charge in [0.2, 0.25) is 0 Å². The Bertz CT molecular complexity index is 724. The van der Waals surface area contributed by atoms with Gasteiger partial charge in [-0.05, 0) is 55.4 Å². The van der Waals surface area contributed by atoms with Gasteiger partial charge in [0.05, 0.1) is 16.7 Å². The van der Waals surface area contributed by atoms with Crippen LogP contribution < -0.4 is 4.74 Å². The van der Waals surface area contributed by atoms with Crippen molar-refractivity contribution in [1.82, 2.24) is 0 Å². The summed E-state index contributed by atoms with van der Waals surface area (Å²) < 4.78 is 37.5. The number of hydrogen-bond acceptors (Lipinski definition) is 4. The number of unbranched alkanes of at least 4 members (excludes halogenated alkanes) is 3. The van der Waals surface area contributed by atoms with Crippen LogP contribution in [0.1, 0.15) is 43.2 Å². The fourth-order valence-electron chi connectivity index (χ4n) is 2.82. The summed E-state index contributed by atoms with van der Waals surface area (Å²) in [4.78, 5) is 0. The zero-order valence-electron chi connectivity index (χ0n) is 15.1. The highest BCUT2D eigenvalue weighted by Gasteiger charge is 1.99. The van der Waals surface area contributed by atoms with Gasteiger partial charge in [0.15, 0.2) is 0 Å². The molecule has 0 amide bonds. The molecule has 2 aromatic carbocycles. The lowest BCUT2D eigenvalue weighted by atomic mass is 10.1. The van der Waals surface area contributed by atoms with Gasteiger partial charge in [0.1, 0.15) is 5.75 Å². The summed E-state index contributed by atoms with van der Waals surface area (Å²) in [6, 6.07) is 18.2. The van der Waals surface area contributed by atoms with E-state index in [-0.39, 0.29) is 5.75 Å². The summed E-state index contributed by atoms with van der Waals surface area (Å²) in [7, 11) is -4.11. The molecule has 0 aliphatic carbocycles. The van der Waals surface area contributed by atoms with E-state index in [0.717, 1.165) is 30.6 Å². The Morgan fingerprint density at radius 1 is 0.731 bits per heavy atom. The van der Waals surface area contributed by atoms with Crippen molar-refractivity contribution in [2.75, 3.05) is 12.4 Å². The maximum atomic E-state index is 10.6. The van der Waals surface area contributed by atoms with E-state index in [1.165, 1.54) is 18.4 Å². The summed E-state index contributed by atoms with van der Waals surface area (Å²) in [5, 5.41) is 0. The summed E-state index contributed by atoms with van der Waals surface area (Å²) in [6.45, 7) is 0.707. The summed E-state index contributed by atoms with van der Waals surface area (Å²) in [6.07, 6.45) is 6.69. The average Bonchev–Trinajstić information content (AvgIpc) is 2.62. The molecule has 142 valence electrons. The summed E-state index contributed by atoms with van der Waals surface area (Å²) in [5.74, 6) is 0.518. The summed E-state index contributed by atoms with van der Waals surface area (Å²) in [5.41, 5.74) is 2.42. The lowest BCUT2D eigenvalue weighted by molar-refractivity contribution is 0.304. The standard InChI is InChI=1S/C21H28O4S/c22-26(23,24)18-8-12-20-13-15-21(16-14-20)25-17-7-2-1-4-9-19-10-5-3-6-11-19/h3,5-6,10-11,13-16H,1-2,4,7-9,12,17-18H2,(H,22,23,24)/p-1. The smallest absolute Gasteiger partial charge is 0.119 e. The fraction of sp³-hybridized carbons (Fsp3) is 0.429. The molecular formula is C21H27O4S-. The zero-order chi connectivity index (χ0) is 18.7. The topological polar surface area (TPSA) is 66.4 Å². The minimum absolute atomic E-state index is 0.310. The van der Waals surface area contributed by atoms with Crippen LogP contribution in [0.25, 0.3) is 0 Å². The highest BCUT2D eigenvalue weighted by atomic mass is 32.2. The first-order valence-corrected chi connectivity index (χ1v) is 10.8. The van der Waals surface area contributed by atoms with Gasteiger partial charge in [0, 0.05) is 5.75 Å². The molecule has 0 spiro atoms. The third kappa shape index (κ3) is 9.02. The van der Waals surface area contributed by atoms with Crippen molar-refractivity contribution in [1.29, 1.82) is 0 Å². The quantitative estimate of drug-likeness (QED) is 0.409. The molecule has 0 saturated heterocycles. The fourth-order valence-corrected chi connectivity index (χ4v) is 3.32. The van der Waals surface area contributed by atoms with Crippen molar-refractivity contribution in [2.45, 2.75) is 44.9 Å². The van der Waals surface area contributed by atoms with Crippen LogP contribution in [0, 0.1) is 0 Å². The van der Waals surface area contributed by atoms with E-state index in [1.54, 1.807) is 0 Å². The van der Waals surface area contributed by atoms with Crippen molar-refractivity contribution in [3.05, 3.63) is 65.7 Å². The molecule has 0 N–H and O–H groups in total. The molecule has 0 saturated carbocycles. The van der Waals surface area contributed by atoms with Gasteiger partial charge in [-0.15, -0.1) is 0 Å². The van der Waals surface area contributed by atoms with Crippen molar-refractivity contribution in [3.63, 3.8) is 0 Å². The van der Waals surface area contributed by atoms with E-state index in [9.17, 15) is 13.0 Å². The second-order valence-electron chi connectivity index (χ2n) is 6.51. The van der Waals surface area contributed by atoms with E-state index >= 15 is 0 Å². The largest absolute Gasteiger partial charge is 0.748 e. The predicted octanol–water partition coefficient (Wildman–Crippen LogP) is 4.35. The third-order valence-electron chi connectivity index (χ3n) is 4.25. The lowest BCUT2D eigenvalue weighted by Crippen LogP contribution is -2.05. The third-order valence-corrected chi connectivity index (χ3v) is 5.04. The Morgan fingerprint density at radius 3 is 2.04 bits per heavy atom. The SMILES string of the molecule is O=S(=O)([O-])CCCc1ccc(OCCCCCCc2ccccc2)cc1. The van der Waals surface area contributed by atoms with Crippen molar-refractivity contribution in [2.24, 2.45) is 0 Å². The zero-order valence-corrected chi connectivity index (χ0v) is 15.9. The van der Waals surface area contributed by atoms with Crippen LogP contribution in [0.2, 0.25) is 0 Å². The van der Waals surface area contributed by atoms with Gasteiger partial charge in [0.25, 0.3) is 0 Å². The molecule has 2 aromatic rings. The maximum absolute atomic E-state index is 10.6. The van der Waals surface area contributed by atoms with E-state index in [2.05, 4.69) is 24.3 Å². The Labute approximate surface area is 157 Å². The molecule has 4 nitrogen and oxygen atoms in total. The van der Waals surface area contributed by atoms with E-state index in [0.29, 0.717) is 19.4 Å². The molecule has 2 rings (SSSR count). The van der Waals surface area contributed by atoms with Crippen LogP contribution in [0.3, 0.4) is 0 Å². The first kappa shape index (κ1) is 20.5. The average molecular weight is 376 g/mol. The number of ether oxygens (including phenoxy) is 1. The maximum Gasteiger partial charge on any atom is 0.119 e. The molecule has 0 unspecified atom stereocenters. The molecule has 0 aliphatic rings. The van der Waals surface area contributed by atoms with Crippen LogP contribution in [0.5, 0.6) is 5.75 Å². The van der Waals surface area contributed by atoms with E-state index in [4.69, 9.17) is 4.74 Å². The number of benzene rings is 2. The van der Waals surface area contributed by atoms with Gasteiger partial charge in [-0.1, -0.05) is 55.3 Å². The molecular weight excluding hydrogens is 348 g/mol. The van der Waals surface area contributed by atoms with Crippen LogP contribution in [0.4, 0.5) is 0 Å². The second kappa shape index (κ2) is 11.0. The summed E-state index contributed by atoms with van der Waals surface area (Å²) >= 11 is 0. The Morgan fingerprint density at radius 2 is 1.35 bits per heavy atom. The molecule has 0 atom stereocenters. The molecule has 0 radical (unpaired) electrons. The van der Waals surface area contributed by atoms with Crippen LogP contribution in [-0.2, 0) is 23.0 Å². The van der Waals surface area contributed by atoms with Crippen molar-refractivity contribution < 1.29 is 17.7 Å². The Balaban J connectivity index is 1.54. The normalized spacial score (nSPS) is 11.4. The van der Waals surface area contributed by atoms with Gasteiger partial charge in [-0.2, -0.15) is 0 Å². The monoisotopic (exact) mass is 375 g/mol. The lowest BCUT2D eigenvalue weighted by Gasteiger charge is -2.08. The van der Waals surface area contributed by atoms with Crippen LogP contribution in [-0.4, -0.2) is 25.3 Å². The Hall–Kier alpha value is -1.85. The highest BCUT2D eigenvalue weighted by Crippen LogP contribution is 2.15. The molecule has 0 fully saturated rings. The highest BCUT2D eigenvalue weighted by molar-refractivity contribution is 7.85. The van der Waals surface area contributed by atoms with E-state index in [1.807, 2.05) is 30.3 Å². The van der Waals surface area contributed by atoms with Gasteiger partial charge < -0.3 is 9.29 Å². The minimum Gasteiger partial charge on any atom is -0.748 e. The number of rotatable bonds is 12. The number of hydrogen-bond donors (Lipinski definition) is 0. The molecule has 0 heterocycles. The van der Waals surface area contributed by atoms with Crippen LogP contribution >= 0.6 is 0 Å². The van der Waals surface area contributed by atoms with Gasteiger partial charge in [-0.25, -0.2) is 8.42 Å². The van der Waals surface area contributed by atoms with Crippen molar-refractivity contribution >= 4 is 10.1 Å². The molecule has 26 heavy (non-hydrogen) atoms. The second-order valence-corrected chi connectivity index (χ2v) is 8.03. The molecule has 0 aromatic heterocycles. The first-order chi connectivity index (χ1) is 12.5. The predicted molar refractivity (Wildman–Crippen MR) is 103 cm³/mol. The number of aryl methyl sites for hydroxylation is 2. The van der Waals surface area contributed by atoms with Crippen molar-refractivity contribution in [3.8, 4) is 5.75 Å². The Kier molecular flexibility index (Phi) is 8.65.